The van der Waals surface area contributed by atoms with Gasteiger partial charge in [-0.2, -0.15) is 5.10 Å². The normalized spacial score (nSPS) is 11.5. The van der Waals surface area contributed by atoms with E-state index in [0.29, 0.717) is 0 Å². The van der Waals surface area contributed by atoms with Crippen LogP contribution in [-0.4, -0.2) is 25.0 Å². The van der Waals surface area contributed by atoms with Gasteiger partial charge in [0.1, 0.15) is 11.4 Å². The van der Waals surface area contributed by atoms with Crippen LogP contribution in [-0.2, 0) is 7.05 Å². The first-order valence-corrected chi connectivity index (χ1v) is 8.99. The first-order valence-electron chi connectivity index (χ1n) is 6.58. The van der Waals surface area contributed by atoms with Crippen LogP contribution in [0.3, 0.4) is 0 Å². The second-order valence-electron chi connectivity index (χ2n) is 5.08. The van der Waals surface area contributed by atoms with E-state index in [1.165, 1.54) is 5.56 Å². The number of aryl methyl sites for hydroxylation is 3. The summed E-state index contributed by atoms with van der Waals surface area (Å²) >= 11 is 0. The molecule has 0 fully saturated rings. The Bertz CT molecular complexity index is 632. The first kappa shape index (κ1) is 14.5. The number of nitrogens with zero attached hydrogens (tertiary/aromatic N) is 3. The summed E-state index contributed by atoms with van der Waals surface area (Å²) in [6.45, 7) is 8.27. The highest BCUT2D eigenvalue weighted by Crippen LogP contribution is 2.29. The Balaban J connectivity index is 2.30. The van der Waals surface area contributed by atoms with Gasteiger partial charge in [0.15, 0.2) is 0 Å². The van der Waals surface area contributed by atoms with E-state index < -0.39 is 9.04 Å². The molecule has 4 nitrogen and oxygen atoms in total. The van der Waals surface area contributed by atoms with Crippen LogP contribution in [0.5, 0.6) is 5.75 Å². The molecule has 1 aromatic heterocycles. The van der Waals surface area contributed by atoms with Gasteiger partial charge in [0.05, 0.1) is 5.69 Å². The Hall–Kier alpha value is -1.88. The number of hydrogen-bond donors (Lipinski definition) is 0. The quantitative estimate of drug-likeness (QED) is 0.638. The van der Waals surface area contributed by atoms with E-state index in [0.717, 1.165) is 22.7 Å². The summed E-state index contributed by atoms with van der Waals surface area (Å²) in [5.41, 5.74) is 4.05. The third-order valence-corrected chi connectivity index (χ3v) is 3.45. The predicted molar refractivity (Wildman–Crippen MR) is 84.5 cm³/mol. The Kier molecular flexibility index (Phi) is 4.39. The Morgan fingerprint density at radius 3 is 2.65 bits per heavy atom. The van der Waals surface area contributed by atoms with E-state index in [1.54, 1.807) is 4.68 Å². The van der Waals surface area contributed by atoms with Crippen LogP contribution < -0.4 is 4.43 Å². The monoisotopic (exact) mass is 286 g/mol. The van der Waals surface area contributed by atoms with Gasteiger partial charge in [-0.3, -0.25) is 9.67 Å². The van der Waals surface area contributed by atoms with Crippen molar-refractivity contribution in [3.63, 3.8) is 0 Å². The zero-order chi connectivity index (χ0) is 14.7. The van der Waals surface area contributed by atoms with Crippen molar-refractivity contribution in [3.8, 4) is 5.75 Å². The third-order valence-electron chi connectivity index (χ3n) is 2.82. The second kappa shape index (κ2) is 6.05. The molecule has 0 aliphatic rings. The fourth-order valence-electron chi connectivity index (χ4n) is 1.91. The highest BCUT2D eigenvalue weighted by atomic mass is 28.3. The van der Waals surface area contributed by atoms with Gasteiger partial charge in [-0.1, -0.05) is 6.07 Å². The van der Waals surface area contributed by atoms with Crippen molar-refractivity contribution >= 4 is 20.9 Å². The highest BCUT2D eigenvalue weighted by molar-refractivity contribution is 6.49. The Labute approximate surface area is 121 Å². The molecule has 0 unspecified atom stereocenters. The Morgan fingerprint density at radius 2 is 2.05 bits per heavy atom. The van der Waals surface area contributed by atoms with Gasteiger partial charge >= 0.3 is 0 Å². The van der Waals surface area contributed by atoms with Crippen molar-refractivity contribution in [2.75, 3.05) is 0 Å². The lowest BCUT2D eigenvalue weighted by Gasteiger charge is -2.11. The van der Waals surface area contributed by atoms with Gasteiger partial charge in [-0.15, -0.1) is 0 Å². The standard InChI is InChI=1S/C15H20N3OSi/c1-11-6-7-14(15(8-11)19-20(4)5)16-9-13-10-18(3)17-12(13)2/h6-10H,1-5H3. The van der Waals surface area contributed by atoms with Crippen molar-refractivity contribution in [2.45, 2.75) is 26.9 Å². The summed E-state index contributed by atoms with van der Waals surface area (Å²) in [5.74, 6) is 0.863. The molecule has 0 spiro atoms. The van der Waals surface area contributed by atoms with Crippen molar-refractivity contribution in [1.82, 2.24) is 9.78 Å². The highest BCUT2D eigenvalue weighted by Gasteiger charge is 2.07. The smallest absolute Gasteiger partial charge is 0.274 e. The number of aliphatic imine (C=N–C) groups is 1. The Morgan fingerprint density at radius 1 is 1.30 bits per heavy atom. The van der Waals surface area contributed by atoms with Gasteiger partial charge in [0.2, 0.25) is 0 Å². The van der Waals surface area contributed by atoms with Crippen molar-refractivity contribution in [3.05, 3.63) is 41.2 Å². The van der Waals surface area contributed by atoms with Gasteiger partial charge in [0.25, 0.3) is 9.04 Å². The zero-order valence-corrected chi connectivity index (χ0v) is 13.6. The van der Waals surface area contributed by atoms with Crippen LogP contribution in [0.2, 0.25) is 13.1 Å². The maximum Gasteiger partial charge on any atom is 0.274 e. The molecule has 2 rings (SSSR count). The SMILES string of the molecule is Cc1ccc(N=Cc2cn(C)nc2C)c(O[Si](C)C)c1. The number of hydrogen-bond acceptors (Lipinski definition) is 3. The second-order valence-corrected chi connectivity index (χ2v) is 7.10. The average molecular weight is 286 g/mol. The number of rotatable bonds is 4. The van der Waals surface area contributed by atoms with Gasteiger partial charge in [-0.25, -0.2) is 0 Å². The molecule has 5 heteroatoms. The van der Waals surface area contributed by atoms with Gasteiger partial charge in [-0.05, 0) is 44.6 Å². The summed E-state index contributed by atoms with van der Waals surface area (Å²) in [7, 11) is 1.11. The molecule has 0 N–H and O–H groups in total. The van der Waals surface area contributed by atoms with Crippen LogP contribution in [0.15, 0.2) is 29.4 Å². The van der Waals surface area contributed by atoms with Gasteiger partial charge < -0.3 is 4.43 Å². The predicted octanol–water partition coefficient (Wildman–Crippen LogP) is 3.42. The molecule has 0 atom stereocenters. The first-order chi connectivity index (χ1) is 9.45. The van der Waals surface area contributed by atoms with Crippen LogP contribution in [0, 0.1) is 13.8 Å². The van der Waals surface area contributed by atoms with Gasteiger partial charge in [0, 0.05) is 25.0 Å². The molecular weight excluding hydrogens is 266 g/mol. The van der Waals surface area contributed by atoms with E-state index in [2.05, 4.69) is 30.1 Å². The molecule has 0 amide bonds. The van der Waals surface area contributed by atoms with Crippen molar-refractivity contribution in [1.29, 1.82) is 0 Å². The summed E-state index contributed by atoms with van der Waals surface area (Å²) in [6, 6.07) is 6.09. The summed E-state index contributed by atoms with van der Waals surface area (Å²) in [5, 5.41) is 4.31. The lowest BCUT2D eigenvalue weighted by molar-refractivity contribution is 0.581. The fourth-order valence-corrected chi connectivity index (χ4v) is 2.52. The number of benzene rings is 1. The summed E-state index contributed by atoms with van der Waals surface area (Å²) in [6.07, 6.45) is 3.81. The minimum Gasteiger partial charge on any atom is -0.541 e. The molecule has 20 heavy (non-hydrogen) atoms. The molecular formula is C15H20N3OSi. The maximum absolute atomic E-state index is 5.92. The summed E-state index contributed by atoms with van der Waals surface area (Å²) < 4.78 is 7.71. The molecule has 1 heterocycles. The van der Waals surface area contributed by atoms with E-state index in [9.17, 15) is 0 Å². The summed E-state index contributed by atoms with van der Waals surface area (Å²) in [4.78, 5) is 4.56. The maximum atomic E-state index is 5.92. The molecule has 0 saturated heterocycles. The molecule has 0 bridgehead atoms. The minimum atomic E-state index is -0.802. The van der Waals surface area contributed by atoms with Crippen LogP contribution in [0.25, 0.3) is 0 Å². The van der Waals surface area contributed by atoms with Crippen molar-refractivity contribution < 1.29 is 4.43 Å². The fraction of sp³-hybridized carbons (Fsp3) is 0.333. The molecule has 105 valence electrons. The molecule has 1 radical (unpaired) electrons. The molecule has 0 aliphatic carbocycles. The minimum absolute atomic E-state index is 0.802. The van der Waals surface area contributed by atoms with E-state index in [4.69, 9.17) is 4.43 Å². The van der Waals surface area contributed by atoms with E-state index in [1.807, 2.05) is 44.6 Å². The molecule has 2 aromatic rings. The third kappa shape index (κ3) is 3.57. The molecule has 1 aromatic carbocycles. The topological polar surface area (TPSA) is 39.4 Å². The van der Waals surface area contributed by atoms with Crippen molar-refractivity contribution in [2.24, 2.45) is 12.0 Å². The molecule has 0 aliphatic heterocycles. The lowest BCUT2D eigenvalue weighted by Crippen LogP contribution is -2.11. The zero-order valence-electron chi connectivity index (χ0n) is 12.6. The lowest BCUT2D eigenvalue weighted by atomic mass is 10.2. The average Bonchev–Trinajstić information content (AvgIpc) is 2.66. The number of aromatic nitrogens is 2. The molecule has 0 saturated carbocycles. The van der Waals surface area contributed by atoms with Crippen LogP contribution in [0.1, 0.15) is 16.8 Å². The van der Waals surface area contributed by atoms with Crippen LogP contribution >= 0.6 is 0 Å². The van der Waals surface area contributed by atoms with E-state index in [-0.39, 0.29) is 0 Å². The van der Waals surface area contributed by atoms with Crippen LogP contribution in [0.4, 0.5) is 5.69 Å². The largest absolute Gasteiger partial charge is 0.541 e. The van der Waals surface area contributed by atoms with E-state index >= 15 is 0 Å².